The minimum Gasteiger partial charge on any atom is -0.313 e. The smallest absolute Gasteiger partial charge is 0.313 e. The second-order valence-corrected chi connectivity index (χ2v) is 5.96. The van der Waals surface area contributed by atoms with Crippen LogP contribution in [0.2, 0.25) is 0 Å². The zero-order valence-electron chi connectivity index (χ0n) is 12.5. The van der Waals surface area contributed by atoms with Crippen LogP contribution in [0.5, 0.6) is 0 Å². The van der Waals surface area contributed by atoms with Crippen molar-refractivity contribution in [3.05, 3.63) is 34.2 Å². The van der Waals surface area contributed by atoms with E-state index < -0.39 is 0 Å². The third kappa shape index (κ3) is 1.99. The van der Waals surface area contributed by atoms with Gasteiger partial charge in [-0.05, 0) is 43.5 Å². The highest BCUT2D eigenvalue weighted by molar-refractivity contribution is 5.77. The number of benzene rings is 1. The van der Waals surface area contributed by atoms with Crippen LogP contribution in [0.3, 0.4) is 0 Å². The predicted molar refractivity (Wildman–Crippen MR) is 81.9 cm³/mol. The first-order valence-corrected chi connectivity index (χ1v) is 7.46. The number of fused-ring (bicyclic) bond motifs is 1. The number of aryl methyl sites for hydroxylation is 2. The molecule has 1 aliphatic carbocycles. The monoisotopic (exact) mass is 273 g/mol. The maximum absolute atomic E-state index is 12.0. The highest BCUT2D eigenvalue weighted by atomic mass is 16.1. The minimum absolute atomic E-state index is 0.0408. The van der Waals surface area contributed by atoms with Crippen LogP contribution in [0.25, 0.3) is 11.0 Å². The first-order chi connectivity index (χ1) is 9.63. The number of hydrogen-bond donors (Lipinski definition) is 1. The molecule has 3 rings (SSSR count). The molecule has 1 aromatic carbocycles. The lowest BCUT2D eigenvalue weighted by atomic mass is 9.91. The summed E-state index contributed by atoms with van der Waals surface area (Å²) >= 11 is 0. The fraction of sp³-hybridized carbons (Fsp3) is 0.562. The van der Waals surface area contributed by atoms with Gasteiger partial charge in [0.1, 0.15) is 0 Å². The molecule has 1 atom stereocenters. The third-order valence-electron chi connectivity index (χ3n) is 4.84. The van der Waals surface area contributed by atoms with Gasteiger partial charge in [-0.3, -0.25) is 9.13 Å². The van der Waals surface area contributed by atoms with E-state index in [1.165, 1.54) is 31.2 Å². The average Bonchev–Trinajstić information content (AvgIpc) is 3.05. The largest absolute Gasteiger partial charge is 0.328 e. The maximum atomic E-state index is 12.0. The molecule has 4 heteroatoms. The van der Waals surface area contributed by atoms with Crippen molar-refractivity contribution < 1.29 is 0 Å². The summed E-state index contributed by atoms with van der Waals surface area (Å²) in [4.78, 5) is 12.0. The Labute approximate surface area is 119 Å². The lowest BCUT2D eigenvalue weighted by molar-refractivity contribution is 0.390. The van der Waals surface area contributed by atoms with Crippen molar-refractivity contribution in [3.8, 4) is 0 Å². The van der Waals surface area contributed by atoms with E-state index in [2.05, 4.69) is 23.5 Å². The number of nitrogens with one attached hydrogen (secondary N) is 1. The van der Waals surface area contributed by atoms with Crippen LogP contribution in [-0.2, 0) is 14.1 Å². The molecular weight excluding hydrogens is 250 g/mol. The lowest BCUT2D eigenvalue weighted by Gasteiger charge is -2.23. The van der Waals surface area contributed by atoms with Gasteiger partial charge in [-0.1, -0.05) is 18.9 Å². The molecule has 1 N–H and O–H groups in total. The molecule has 1 fully saturated rings. The maximum Gasteiger partial charge on any atom is 0.328 e. The van der Waals surface area contributed by atoms with Gasteiger partial charge in [-0.2, -0.15) is 0 Å². The van der Waals surface area contributed by atoms with Crippen molar-refractivity contribution in [3.63, 3.8) is 0 Å². The summed E-state index contributed by atoms with van der Waals surface area (Å²) in [5.41, 5.74) is 3.36. The van der Waals surface area contributed by atoms with E-state index in [1.807, 2.05) is 21.1 Å². The van der Waals surface area contributed by atoms with Gasteiger partial charge in [-0.15, -0.1) is 0 Å². The Bertz CT molecular complexity index is 677. The Morgan fingerprint density at radius 3 is 2.45 bits per heavy atom. The molecule has 0 saturated heterocycles. The number of rotatable bonds is 3. The van der Waals surface area contributed by atoms with E-state index >= 15 is 0 Å². The lowest BCUT2D eigenvalue weighted by Crippen LogP contribution is -2.23. The zero-order valence-corrected chi connectivity index (χ0v) is 12.5. The molecule has 1 unspecified atom stereocenters. The molecule has 108 valence electrons. The first kappa shape index (κ1) is 13.4. The van der Waals surface area contributed by atoms with E-state index in [4.69, 9.17) is 0 Å². The number of imidazole rings is 1. The summed E-state index contributed by atoms with van der Waals surface area (Å²) < 4.78 is 3.45. The van der Waals surface area contributed by atoms with Crippen LogP contribution in [0.15, 0.2) is 23.0 Å². The Morgan fingerprint density at radius 2 is 1.80 bits per heavy atom. The summed E-state index contributed by atoms with van der Waals surface area (Å²) in [7, 11) is 5.71. The van der Waals surface area contributed by atoms with Crippen molar-refractivity contribution in [2.24, 2.45) is 20.0 Å². The van der Waals surface area contributed by atoms with Crippen molar-refractivity contribution in [2.45, 2.75) is 31.7 Å². The summed E-state index contributed by atoms with van der Waals surface area (Å²) in [6.45, 7) is 0. The number of aromatic nitrogens is 2. The van der Waals surface area contributed by atoms with Gasteiger partial charge >= 0.3 is 5.69 Å². The zero-order chi connectivity index (χ0) is 14.3. The predicted octanol–water partition coefficient (Wildman–Crippen LogP) is 2.33. The van der Waals surface area contributed by atoms with Crippen molar-refractivity contribution in [1.29, 1.82) is 0 Å². The van der Waals surface area contributed by atoms with E-state index in [0.717, 1.165) is 17.0 Å². The highest BCUT2D eigenvalue weighted by Crippen LogP contribution is 2.36. The van der Waals surface area contributed by atoms with Gasteiger partial charge in [0.15, 0.2) is 0 Å². The van der Waals surface area contributed by atoms with Gasteiger partial charge in [-0.25, -0.2) is 4.79 Å². The van der Waals surface area contributed by atoms with Crippen LogP contribution in [-0.4, -0.2) is 16.2 Å². The van der Waals surface area contributed by atoms with Crippen LogP contribution in [0.1, 0.15) is 37.3 Å². The Hall–Kier alpha value is -1.55. The first-order valence-electron chi connectivity index (χ1n) is 7.46. The molecule has 1 aromatic heterocycles. The Morgan fingerprint density at radius 1 is 1.15 bits per heavy atom. The van der Waals surface area contributed by atoms with E-state index in [-0.39, 0.29) is 5.69 Å². The molecule has 0 bridgehead atoms. The average molecular weight is 273 g/mol. The third-order valence-corrected chi connectivity index (χ3v) is 4.84. The van der Waals surface area contributed by atoms with Crippen LogP contribution < -0.4 is 11.0 Å². The quantitative estimate of drug-likeness (QED) is 0.932. The van der Waals surface area contributed by atoms with Gasteiger partial charge in [0.25, 0.3) is 0 Å². The minimum atomic E-state index is 0.0408. The van der Waals surface area contributed by atoms with Gasteiger partial charge < -0.3 is 5.32 Å². The van der Waals surface area contributed by atoms with E-state index in [9.17, 15) is 4.79 Å². The molecule has 0 aliphatic heterocycles. The van der Waals surface area contributed by atoms with E-state index in [1.54, 1.807) is 9.13 Å². The summed E-state index contributed by atoms with van der Waals surface area (Å²) in [5.74, 6) is 0.721. The standard InChI is InChI=1S/C16H23N3O/c1-17-15(11-6-4-5-7-11)12-8-9-13-14(10-12)19(3)16(20)18(13)2/h8-11,15,17H,4-7H2,1-3H3. The second kappa shape index (κ2) is 5.09. The molecule has 2 aromatic rings. The van der Waals surface area contributed by atoms with E-state index in [0.29, 0.717) is 6.04 Å². The second-order valence-electron chi connectivity index (χ2n) is 5.96. The summed E-state index contributed by atoms with van der Waals surface area (Å²) in [6.07, 6.45) is 5.29. The molecule has 1 aliphatic rings. The van der Waals surface area contributed by atoms with Crippen LogP contribution >= 0.6 is 0 Å². The molecule has 20 heavy (non-hydrogen) atoms. The fourth-order valence-corrected chi connectivity index (χ4v) is 3.68. The molecule has 0 amide bonds. The summed E-state index contributed by atoms with van der Waals surface area (Å²) in [5, 5.41) is 3.47. The van der Waals surface area contributed by atoms with Crippen molar-refractivity contribution in [2.75, 3.05) is 7.05 Å². The fourth-order valence-electron chi connectivity index (χ4n) is 3.68. The van der Waals surface area contributed by atoms with Crippen LogP contribution in [0.4, 0.5) is 0 Å². The molecule has 4 nitrogen and oxygen atoms in total. The van der Waals surface area contributed by atoms with Gasteiger partial charge in [0.2, 0.25) is 0 Å². The van der Waals surface area contributed by atoms with Gasteiger partial charge in [0, 0.05) is 20.1 Å². The summed E-state index contributed by atoms with van der Waals surface area (Å²) in [6, 6.07) is 6.82. The highest BCUT2D eigenvalue weighted by Gasteiger charge is 2.25. The molecule has 1 heterocycles. The molecule has 0 spiro atoms. The molecular formula is C16H23N3O. The van der Waals surface area contributed by atoms with Crippen molar-refractivity contribution >= 4 is 11.0 Å². The SMILES string of the molecule is CNC(c1ccc2c(c1)n(C)c(=O)n2C)C1CCCC1. The topological polar surface area (TPSA) is 39.0 Å². The molecule has 0 radical (unpaired) electrons. The number of nitrogens with zero attached hydrogens (tertiary/aromatic N) is 2. The van der Waals surface area contributed by atoms with Gasteiger partial charge in [0.05, 0.1) is 11.0 Å². The Balaban J connectivity index is 2.07. The van der Waals surface area contributed by atoms with Crippen LogP contribution in [0, 0.1) is 5.92 Å². The van der Waals surface area contributed by atoms with Crippen molar-refractivity contribution in [1.82, 2.24) is 14.5 Å². The number of hydrogen-bond acceptors (Lipinski definition) is 2. The Kier molecular flexibility index (Phi) is 3.42. The normalized spacial score (nSPS) is 17.9. The molecule has 1 saturated carbocycles.